The van der Waals surface area contributed by atoms with E-state index >= 15 is 0 Å². The molecule has 0 aliphatic rings. The van der Waals surface area contributed by atoms with Crippen molar-refractivity contribution in [1.82, 2.24) is 5.32 Å². The molecule has 0 spiro atoms. The normalized spacial score (nSPS) is 12.0. The van der Waals surface area contributed by atoms with Crippen LogP contribution in [-0.2, 0) is 0 Å². The Morgan fingerprint density at radius 3 is 2.20 bits per heavy atom. The van der Waals surface area contributed by atoms with Crippen molar-refractivity contribution in [3.63, 3.8) is 0 Å². The third kappa shape index (κ3) is 4.80. The van der Waals surface area contributed by atoms with Gasteiger partial charge in [-0.1, -0.05) is 34.1 Å². The van der Waals surface area contributed by atoms with Crippen molar-refractivity contribution in [2.24, 2.45) is 5.41 Å². The van der Waals surface area contributed by atoms with Gasteiger partial charge in [-0.3, -0.25) is 0 Å². The van der Waals surface area contributed by atoms with E-state index in [1.54, 1.807) is 0 Å². The van der Waals surface area contributed by atoms with Crippen LogP contribution in [0.15, 0.2) is 0 Å². The van der Waals surface area contributed by atoms with Gasteiger partial charge in [0.1, 0.15) is 0 Å². The second-order valence-corrected chi connectivity index (χ2v) is 3.69. The van der Waals surface area contributed by atoms with Crippen LogP contribution in [0.1, 0.15) is 40.5 Å². The van der Waals surface area contributed by atoms with E-state index in [2.05, 4.69) is 33.0 Å². The summed E-state index contributed by atoms with van der Waals surface area (Å²) in [5.41, 5.74) is 0.491. The Morgan fingerprint density at radius 2 is 1.80 bits per heavy atom. The van der Waals surface area contributed by atoms with Crippen LogP contribution in [0, 0.1) is 5.41 Å². The smallest absolute Gasteiger partial charge is 0.000240 e. The molecule has 0 unspecified atom stereocenters. The van der Waals surface area contributed by atoms with E-state index in [1.807, 2.05) is 0 Å². The molecule has 1 N–H and O–H groups in total. The highest BCUT2D eigenvalue weighted by molar-refractivity contribution is 4.69. The van der Waals surface area contributed by atoms with Gasteiger partial charge in [-0.15, -0.1) is 0 Å². The van der Waals surface area contributed by atoms with E-state index in [9.17, 15) is 0 Å². The van der Waals surface area contributed by atoms with Crippen molar-refractivity contribution in [3.05, 3.63) is 0 Å². The molecule has 0 atom stereocenters. The number of rotatable bonds is 5. The molecule has 0 saturated carbocycles. The van der Waals surface area contributed by atoms with Crippen LogP contribution in [0.5, 0.6) is 0 Å². The van der Waals surface area contributed by atoms with Gasteiger partial charge in [0.05, 0.1) is 0 Å². The van der Waals surface area contributed by atoms with Crippen molar-refractivity contribution in [2.45, 2.75) is 40.5 Å². The van der Waals surface area contributed by atoms with Crippen LogP contribution in [0.4, 0.5) is 0 Å². The van der Waals surface area contributed by atoms with Crippen molar-refractivity contribution in [2.75, 3.05) is 13.1 Å². The summed E-state index contributed by atoms with van der Waals surface area (Å²) < 4.78 is 0. The molecule has 0 amide bonds. The molecular formula is C9H21N. The minimum atomic E-state index is 0.491. The molecule has 0 bridgehead atoms. The van der Waals surface area contributed by atoms with Crippen LogP contribution < -0.4 is 5.32 Å². The molecule has 10 heavy (non-hydrogen) atoms. The van der Waals surface area contributed by atoms with Crippen LogP contribution in [0.3, 0.4) is 0 Å². The Bertz CT molecular complexity index is 76.8. The maximum atomic E-state index is 3.37. The molecular weight excluding hydrogens is 122 g/mol. The van der Waals surface area contributed by atoms with Crippen molar-refractivity contribution >= 4 is 0 Å². The Hall–Kier alpha value is -0.0400. The highest BCUT2D eigenvalue weighted by atomic mass is 14.9. The maximum absolute atomic E-state index is 3.37. The van der Waals surface area contributed by atoms with E-state index in [0.29, 0.717) is 5.41 Å². The summed E-state index contributed by atoms with van der Waals surface area (Å²) in [5, 5.41) is 3.37. The van der Waals surface area contributed by atoms with Gasteiger partial charge in [0.25, 0.3) is 0 Å². The summed E-state index contributed by atoms with van der Waals surface area (Å²) >= 11 is 0. The van der Waals surface area contributed by atoms with Gasteiger partial charge in [0.15, 0.2) is 0 Å². The third-order valence-corrected chi connectivity index (χ3v) is 1.78. The first-order valence-electron chi connectivity index (χ1n) is 4.33. The average molecular weight is 143 g/mol. The fourth-order valence-electron chi connectivity index (χ4n) is 1.23. The molecule has 0 rings (SSSR count). The first kappa shape index (κ1) is 9.96. The summed E-state index contributed by atoms with van der Waals surface area (Å²) in [4.78, 5) is 0. The van der Waals surface area contributed by atoms with Crippen LogP contribution >= 0.6 is 0 Å². The SMILES string of the molecule is CCCC(C)(C)CNCC. The lowest BCUT2D eigenvalue weighted by Gasteiger charge is -2.23. The zero-order chi connectivity index (χ0) is 8.04. The second kappa shape index (κ2) is 4.73. The van der Waals surface area contributed by atoms with Gasteiger partial charge in [0.2, 0.25) is 0 Å². The number of nitrogens with one attached hydrogen (secondary N) is 1. The molecule has 0 radical (unpaired) electrons. The minimum absolute atomic E-state index is 0.491. The molecule has 0 heterocycles. The first-order chi connectivity index (χ1) is 4.62. The van der Waals surface area contributed by atoms with Gasteiger partial charge in [-0.05, 0) is 18.4 Å². The average Bonchev–Trinajstić information content (AvgIpc) is 1.84. The van der Waals surface area contributed by atoms with Crippen LogP contribution in [-0.4, -0.2) is 13.1 Å². The highest BCUT2D eigenvalue weighted by Gasteiger charge is 2.14. The summed E-state index contributed by atoms with van der Waals surface area (Å²) in [7, 11) is 0. The standard InChI is InChI=1S/C9H21N/c1-5-7-9(3,4)8-10-6-2/h10H,5-8H2,1-4H3. The topological polar surface area (TPSA) is 12.0 Å². The van der Waals surface area contributed by atoms with E-state index in [1.165, 1.54) is 12.8 Å². The van der Waals surface area contributed by atoms with Gasteiger partial charge in [-0.25, -0.2) is 0 Å². The largest absolute Gasteiger partial charge is 0.316 e. The second-order valence-electron chi connectivity index (χ2n) is 3.69. The van der Waals surface area contributed by atoms with E-state index in [0.717, 1.165) is 13.1 Å². The lowest BCUT2D eigenvalue weighted by molar-refractivity contribution is 0.314. The molecule has 1 nitrogen and oxygen atoms in total. The molecule has 0 aliphatic heterocycles. The van der Waals surface area contributed by atoms with Crippen molar-refractivity contribution < 1.29 is 0 Å². The lowest BCUT2D eigenvalue weighted by Crippen LogP contribution is -2.28. The predicted molar refractivity (Wildman–Crippen MR) is 47.2 cm³/mol. The van der Waals surface area contributed by atoms with Crippen LogP contribution in [0.25, 0.3) is 0 Å². The summed E-state index contributed by atoms with van der Waals surface area (Å²) in [6.07, 6.45) is 2.61. The van der Waals surface area contributed by atoms with Gasteiger partial charge in [-0.2, -0.15) is 0 Å². The monoisotopic (exact) mass is 143 g/mol. The quantitative estimate of drug-likeness (QED) is 0.623. The summed E-state index contributed by atoms with van der Waals surface area (Å²) in [6.45, 7) is 11.3. The van der Waals surface area contributed by atoms with Crippen LogP contribution in [0.2, 0.25) is 0 Å². The Balaban J connectivity index is 3.42. The van der Waals surface area contributed by atoms with E-state index in [-0.39, 0.29) is 0 Å². The summed E-state index contributed by atoms with van der Waals surface area (Å²) in [6, 6.07) is 0. The predicted octanol–water partition coefficient (Wildman–Crippen LogP) is 2.42. The Morgan fingerprint density at radius 1 is 1.20 bits per heavy atom. The van der Waals surface area contributed by atoms with Gasteiger partial charge >= 0.3 is 0 Å². The number of hydrogen-bond acceptors (Lipinski definition) is 1. The van der Waals surface area contributed by atoms with Gasteiger partial charge in [0, 0.05) is 6.54 Å². The Kier molecular flexibility index (Phi) is 4.71. The molecule has 0 aromatic heterocycles. The Labute approximate surface area is 65.2 Å². The van der Waals surface area contributed by atoms with E-state index in [4.69, 9.17) is 0 Å². The fraction of sp³-hybridized carbons (Fsp3) is 1.00. The lowest BCUT2D eigenvalue weighted by atomic mass is 9.88. The zero-order valence-electron chi connectivity index (χ0n) is 7.83. The summed E-state index contributed by atoms with van der Waals surface area (Å²) in [5.74, 6) is 0. The third-order valence-electron chi connectivity index (χ3n) is 1.78. The molecule has 0 saturated heterocycles. The van der Waals surface area contributed by atoms with Crippen molar-refractivity contribution in [1.29, 1.82) is 0 Å². The highest BCUT2D eigenvalue weighted by Crippen LogP contribution is 2.20. The molecule has 1 heteroatoms. The molecule has 62 valence electrons. The molecule has 0 aromatic rings. The van der Waals surface area contributed by atoms with Gasteiger partial charge < -0.3 is 5.32 Å². The maximum Gasteiger partial charge on any atom is 0.000240 e. The zero-order valence-corrected chi connectivity index (χ0v) is 7.83. The molecule has 0 aromatic carbocycles. The molecule has 0 fully saturated rings. The molecule has 0 aliphatic carbocycles. The fourth-order valence-corrected chi connectivity index (χ4v) is 1.23. The first-order valence-corrected chi connectivity index (χ1v) is 4.33. The van der Waals surface area contributed by atoms with Crippen molar-refractivity contribution in [3.8, 4) is 0 Å². The minimum Gasteiger partial charge on any atom is -0.316 e. The number of hydrogen-bond donors (Lipinski definition) is 1. The van der Waals surface area contributed by atoms with E-state index < -0.39 is 0 Å².